The van der Waals surface area contributed by atoms with E-state index in [2.05, 4.69) is 22.3 Å². The topological polar surface area (TPSA) is 43.6 Å². The molecule has 1 heterocycles. The van der Waals surface area contributed by atoms with Gasteiger partial charge in [-0.25, -0.2) is 0 Å². The highest BCUT2D eigenvalue weighted by molar-refractivity contribution is 4.75. The zero-order valence-corrected chi connectivity index (χ0v) is 6.41. The van der Waals surface area contributed by atoms with Crippen molar-refractivity contribution < 1.29 is 0 Å². The minimum Gasteiger partial charge on any atom is -0.164 e. The molecule has 56 valence electrons. The Bertz CT molecular complexity index is 193. The average molecular weight is 140 g/mol. The Kier molecular flexibility index (Phi) is 2.36. The van der Waals surface area contributed by atoms with E-state index in [1.165, 1.54) is 0 Å². The first-order chi connectivity index (χ1) is 4.86. The molecule has 0 saturated heterocycles. The predicted octanol–water partition coefficient (Wildman–Crippen LogP) is 0.645. The summed E-state index contributed by atoms with van der Waals surface area (Å²) in [6.45, 7) is 4.90. The van der Waals surface area contributed by atoms with E-state index in [1.807, 2.05) is 6.92 Å². The maximum absolute atomic E-state index is 4.11. The second kappa shape index (κ2) is 3.29. The molecule has 0 unspecified atom stereocenters. The molecule has 1 aromatic heterocycles. The summed E-state index contributed by atoms with van der Waals surface area (Å²) in [5, 5.41) is 11.8. The second-order valence-corrected chi connectivity index (χ2v) is 2.14. The van der Waals surface area contributed by atoms with Crippen LogP contribution in [0.2, 0.25) is 0 Å². The van der Waals surface area contributed by atoms with E-state index in [4.69, 9.17) is 0 Å². The summed E-state index contributed by atoms with van der Waals surface area (Å²) >= 11 is 0. The molecule has 0 fully saturated rings. The molecule has 4 nitrogen and oxygen atoms in total. The van der Waals surface area contributed by atoms with Crippen LogP contribution in [0.5, 0.6) is 0 Å². The largest absolute Gasteiger partial charge is 0.174 e. The lowest BCUT2D eigenvalue weighted by Gasteiger charge is -1.86. The van der Waals surface area contributed by atoms with Gasteiger partial charge in [-0.1, -0.05) is 6.92 Å². The Morgan fingerprint density at radius 2 is 2.20 bits per heavy atom. The molecular formula is C6H12N4. The lowest BCUT2D eigenvalue weighted by Crippen LogP contribution is -1.98. The minimum absolute atomic E-state index is 0.802. The number of aromatic nitrogens is 4. The molecule has 0 atom stereocenters. The molecule has 0 spiro atoms. The smallest absolute Gasteiger partial charge is 0.164 e. The molecule has 1 aromatic rings. The third-order valence-electron chi connectivity index (χ3n) is 1.25. The molecule has 0 radical (unpaired) electrons. The first-order valence-electron chi connectivity index (χ1n) is 3.63. The van der Waals surface area contributed by atoms with Crippen molar-refractivity contribution in [1.29, 1.82) is 0 Å². The van der Waals surface area contributed by atoms with E-state index < -0.39 is 0 Å². The van der Waals surface area contributed by atoms with Crippen molar-refractivity contribution in [2.75, 3.05) is 0 Å². The Morgan fingerprint density at radius 1 is 1.40 bits per heavy atom. The average Bonchev–Trinajstić information content (AvgIpc) is 2.37. The van der Waals surface area contributed by atoms with Crippen LogP contribution in [-0.4, -0.2) is 20.2 Å². The number of aryl methyl sites for hydroxylation is 2. The van der Waals surface area contributed by atoms with E-state index in [0.29, 0.717) is 0 Å². The highest BCUT2D eigenvalue weighted by atomic mass is 15.6. The zero-order chi connectivity index (χ0) is 7.40. The van der Waals surface area contributed by atoms with E-state index in [9.17, 15) is 0 Å². The van der Waals surface area contributed by atoms with Crippen LogP contribution in [0.4, 0.5) is 0 Å². The molecule has 0 N–H and O–H groups in total. The lowest BCUT2D eigenvalue weighted by atomic mass is 10.3. The van der Waals surface area contributed by atoms with Crippen LogP contribution in [0.3, 0.4) is 0 Å². The fourth-order valence-electron chi connectivity index (χ4n) is 0.734. The Balaban J connectivity index is 2.59. The molecule has 0 aromatic carbocycles. The van der Waals surface area contributed by atoms with Crippen molar-refractivity contribution >= 4 is 0 Å². The van der Waals surface area contributed by atoms with Gasteiger partial charge in [-0.05, 0) is 18.6 Å². The normalized spacial score (nSPS) is 10.2. The molecule has 0 bridgehead atoms. The van der Waals surface area contributed by atoms with Gasteiger partial charge in [0.15, 0.2) is 5.82 Å². The number of nitrogens with zero attached hydrogens (tertiary/aromatic N) is 4. The first kappa shape index (κ1) is 7.18. The summed E-state index contributed by atoms with van der Waals surface area (Å²) in [7, 11) is 0. The van der Waals surface area contributed by atoms with Crippen molar-refractivity contribution in [2.45, 2.75) is 33.2 Å². The van der Waals surface area contributed by atoms with Crippen LogP contribution in [-0.2, 0) is 13.0 Å². The zero-order valence-electron chi connectivity index (χ0n) is 6.41. The summed E-state index contributed by atoms with van der Waals surface area (Å²) in [5.74, 6) is 0.851. The number of hydrogen-bond donors (Lipinski definition) is 0. The standard InChI is InChI=1S/C6H12N4/c1-3-5-6-7-9-10(4-2)8-6/h3-5H2,1-2H3. The van der Waals surface area contributed by atoms with E-state index in [0.717, 1.165) is 25.2 Å². The van der Waals surface area contributed by atoms with Crippen LogP contribution >= 0.6 is 0 Å². The Hall–Kier alpha value is -0.930. The van der Waals surface area contributed by atoms with Crippen LogP contribution < -0.4 is 0 Å². The maximum atomic E-state index is 4.11. The third kappa shape index (κ3) is 1.52. The summed E-state index contributed by atoms with van der Waals surface area (Å²) < 4.78 is 0. The molecule has 10 heavy (non-hydrogen) atoms. The van der Waals surface area contributed by atoms with E-state index >= 15 is 0 Å². The molecule has 0 aliphatic heterocycles. The van der Waals surface area contributed by atoms with Gasteiger partial charge >= 0.3 is 0 Å². The lowest BCUT2D eigenvalue weighted by molar-refractivity contribution is 0.550. The number of tetrazole rings is 1. The molecule has 4 heteroatoms. The molecule has 0 aliphatic rings. The van der Waals surface area contributed by atoms with Gasteiger partial charge in [0.1, 0.15) is 0 Å². The fourth-order valence-corrected chi connectivity index (χ4v) is 0.734. The third-order valence-corrected chi connectivity index (χ3v) is 1.25. The summed E-state index contributed by atoms with van der Waals surface area (Å²) in [6, 6.07) is 0. The fraction of sp³-hybridized carbons (Fsp3) is 0.833. The van der Waals surface area contributed by atoms with Crippen molar-refractivity contribution in [2.24, 2.45) is 0 Å². The predicted molar refractivity (Wildman–Crippen MR) is 37.5 cm³/mol. The SMILES string of the molecule is CCCc1nnn(CC)n1. The van der Waals surface area contributed by atoms with Crippen LogP contribution in [0.15, 0.2) is 0 Å². The molecule has 1 rings (SSSR count). The van der Waals surface area contributed by atoms with Crippen molar-refractivity contribution in [3.8, 4) is 0 Å². The molecular weight excluding hydrogens is 128 g/mol. The molecule has 0 amide bonds. The molecule has 0 saturated carbocycles. The van der Waals surface area contributed by atoms with Crippen LogP contribution in [0.25, 0.3) is 0 Å². The Morgan fingerprint density at radius 3 is 2.70 bits per heavy atom. The van der Waals surface area contributed by atoms with Gasteiger partial charge in [0.25, 0.3) is 0 Å². The minimum atomic E-state index is 0.802. The highest BCUT2D eigenvalue weighted by Gasteiger charge is 1.97. The molecule has 0 aliphatic carbocycles. The highest BCUT2D eigenvalue weighted by Crippen LogP contribution is 1.90. The number of hydrogen-bond acceptors (Lipinski definition) is 3. The summed E-state index contributed by atoms with van der Waals surface area (Å²) in [4.78, 5) is 1.60. The van der Waals surface area contributed by atoms with E-state index in [-0.39, 0.29) is 0 Å². The maximum Gasteiger partial charge on any atom is 0.174 e. The second-order valence-electron chi connectivity index (χ2n) is 2.14. The quantitative estimate of drug-likeness (QED) is 0.619. The van der Waals surface area contributed by atoms with Gasteiger partial charge in [-0.3, -0.25) is 0 Å². The first-order valence-corrected chi connectivity index (χ1v) is 3.63. The summed E-state index contributed by atoms with van der Waals surface area (Å²) in [6.07, 6.45) is 2.01. The van der Waals surface area contributed by atoms with Gasteiger partial charge in [0, 0.05) is 6.42 Å². The van der Waals surface area contributed by atoms with Gasteiger partial charge in [-0.15, -0.1) is 10.2 Å². The van der Waals surface area contributed by atoms with Gasteiger partial charge < -0.3 is 0 Å². The Labute approximate surface area is 60.2 Å². The van der Waals surface area contributed by atoms with Gasteiger partial charge in [-0.2, -0.15) is 4.80 Å². The van der Waals surface area contributed by atoms with Gasteiger partial charge in [0.2, 0.25) is 0 Å². The number of rotatable bonds is 3. The van der Waals surface area contributed by atoms with Crippen LogP contribution in [0.1, 0.15) is 26.1 Å². The van der Waals surface area contributed by atoms with Gasteiger partial charge in [0.05, 0.1) is 6.54 Å². The van der Waals surface area contributed by atoms with Crippen molar-refractivity contribution in [3.05, 3.63) is 5.82 Å². The van der Waals surface area contributed by atoms with Crippen molar-refractivity contribution in [1.82, 2.24) is 20.2 Å². The summed E-state index contributed by atoms with van der Waals surface area (Å²) in [5.41, 5.74) is 0. The monoisotopic (exact) mass is 140 g/mol. The van der Waals surface area contributed by atoms with Crippen molar-refractivity contribution in [3.63, 3.8) is 0 Å². The van der Waals surface area contributed by atoms with Crippen LogP contribution in [0, 0.1) is 0 Å². The van der Waals surface area contributed by atoms with E-state index in [1.54, 1.807) is 4.80 Å².